The molecule has 6 nitrogen and oxygen atoms in total. The molecule has 2 rings (SSSR count). The summed E-state index contributed by atoms with van der Waals surface area (Å²) in [6, 6.07) is 3.81. The molecular formula is C18H19F6N3O3. The number of amides is 3. The molecule has 0 radical (unpaired) electrons. The zero-order chi connectivity index (χ0) is 22.5. The maximum absolute atomic E-state index is 12.6. The molecule has 166 valence electrons. The SMILES string of the molecule is O=C(CNC(=O)C1CCN(C(=O)c2ccc(C(F)(F)F)cc2)CC1)NCC(F)(F)F. The molecule has 0 aliphatic carbocycles. The number of halogens is 6. The minimum atomic E-state index is -4.55. The van der Waals surface area contributed by atoms with Crippen LogP contribution in [0.3, 0.4) is 0 Å². The Morgan fingerprint density at radius 1 is 0.933 bits per heavy atom. The van der Waals surface area contributed by atoms with Gasteiger partial charge in [0.1, 0.15) is 6.54 Å². The highest BCUT2D eigenvalue weighted by atomic mass is 19.4. The van der Waals surface area contributed by atoms with E-state index in [2.05, 4.69) is 5.32 Å². The van der Waals surface area contributed by atoms with Crippen LogP contribution >= 0.6 is 0 Å². The Kier molecular flexibility index (Phi) is 7.32. The number of carbonyl (C=O) groups is 3. The molecule has 2 N–H and O–H groups in total. The van der Waals surface area contributed by atoms with Crippen molar-refractivity contribution in [1.82, 2.24) is 15.5 Å². The zero-order valence-corrected chi connectivity index (χ0v) is 15.6. The molecule has 12 heteroatoms. The molecule has 0 unspecified atom stereocenters. The number of nitrogens with zero attached hydrogens (tertiary/aromatic N) is 1. The van der Waals surface area contributed by atoms with Crippen LogP contribution in [0.15, 0.2) is 24.3 Å². The smallest absolute Gasteiger partial charge is 0.347 e. The Bertz CT molecular complexity index is 769. The fourth-order valence-electron chi connectivity index (χ4n) is 2.90. The van der Waals surface area contributed by atoms with Crippen molar-refractivity contribution < 1.29 is 40.7 Å². The third-order valence-corrected chi connectivity index (χ3v) is 4.52. The number of hydrogen-bond donors (Lipinski definition) is 2. The summed E-state index contributed by atoms with van der Waals surface area (Å²) >= 11 is 0. The molecule has 1 saturated heterocycles. The fourth-order valence-corrected chi connectivity index (χ4v) is 2.90. The highest BCUT2D eigenvalue weighted by Crippen LogP contribution is 2.29. The predicted octanol–water partition coefficient (Wildman–Crippen LogP) is 2.35. The monoisotopic (exact) mass is 439 g/mol. The number of rotatable bonds is 5. The summed E-state index contributed by atoms with van der Waals surface area (Å²) in [6.07, 6.45) is -8.55. The molecule has 0 bridgehead atoms. The van der Waals surface area contributed by atoms with E-state index in [-0.39, 0.29) is 31.5 Å². The van der Waals surface area contributed by atoms with Gasteiger partial charge in [-0.1, -0.05) is 0 Å². The Labute approximate surface area is 167 Å². The maximum atomic E-state index is 12.6. The van der Waals surface area contributed by atoms with Gasteiger partial charge in [0.15, 0.2) is 0 Å². The van der Waals surface area contributed by atoms with Gasteiger partial charge in [-0.2, -0.15) is 26.3 Å². The standard InChI is InChI=1S/C18H19F6N3O3/c19-17(20,21)10-26-14(28)9-25-15(29)11-5-7-27(8-6-11)16(30)12-1-3-13(4-2-12)18(22,23)24/h1-4,11H,5-10H2,(H,25,29)(H,26,28). The Hall–Kier alpha value is -2.79. The second kappa shape index (κ2) is 9.35. The lowest BCUT2D eigenvalue weighted by molar-refractivity contribution is -0.138. The summed E-state index contributed by atoms with van der Waals surface area (Å²) in [5.41, 5.74) is -0.777. The van der Waals surface area contributed by atoms with Crippen LogP contribution in [0.1, 0.15) is 28.8 Å². The van der Waals surface area contributed by atoms with E-state index in [0.29, 0.717) is 0 Å². The topological polar surface area (TPSA) is 78.5 Å². The van der Waals surface area contributed by atoms with Crippen LogP contribution in [-0.2, 0) is 15.8 Å². The van der Waals surface area contributed by atoms with Gasteiger partial charge in [0.05, 0.1) is 12.1 Å². The lowest BCUT2D eigenvalue weighted by atomic mass is 9.95. The maximum Gasteiger partial charge on any atom is 0.416 e. The van der Waals surface area contributed by atoms with Crippen LogP contribution in [0.5, 0.6) is 0 Å². The molecular weight excluding hydrogens is 420 g/mol. The molecule has 0 saturated carbocycles. The zero-order valence-electron chi connectivity index (χ0n) is 15.6. The highest BCUT2D eigenvalue weighted by molar-refractivity contribution is 5.94. The van der Waals surface area contributed by atoms with Crippen LogP contribution in [0.4, 0.5) is 26.3 Å². The number of likely N-dealkylation sites (tertiary alicyclic amines) is 1. The second-order valence-corrected chi connectivity index (χ2v) is 6.75. The molecule has 30 heavy (non-hydrogen) atoms. The van der Waals surface area contributed by atoms with Gasteiger partial charge >= 0.3 is 12.4 Å². The van der Waals surface area contributed by atoms with Crippen LogP contribution in [-0.4, -0.2) is 55.0 Å². The number of nitrogens with one attached hydrogen (secondary N) is 2. The van der Waals surface area contributed by atoms with Gasteiger partial charge in [0.2, 0.25) is 11.8 Å². The summed E-state index contributed by atoms with van der Waals surface area (Å²) in [6.45, 7) is -1.73. The largest absolute Gasteiger partial charge is 0.416 e. The van der Waals surface area contributed by atoms with Crippen molar-refractivity contribution in [2.75, 3.05) is 26.2 Å². The molecule has 1 aliphatic heterocycles. The minimum Gasteiger partial charge on any atom is -0.347 e. The van der Waals surface area contributed by atoms with Crippen LogP contribution in [0.25, 0.3) is 0 Å². The number of carbonyl (C=O) groups excluding carboxylic acids is 3. The summed E-state index contributed by atoms with van der Waals surface area (Å²) in [7, 11) is 0. The van der Waals surface area contributed by atoms with Crippen molar-refractivity contribution >= 4 is 17.7 Å². The van der Waals surface area contributed by atoms with Gasteiger partial charge < -0.3 is 15.5 Å². The molecule has 0 atom stereocenters. The first-order chi connectivity index (χ1) is 13.9. The highest BCUT2D eigenvalue weighted by Gasteiger charge is 2.32. The van der Waals surface area contributed by atoms with Gasteiger partial charge in [-0.05, 0) is 37.1 Å². The molecule has 3 amide bonds. The van der Waals surface area contributed by atoms with Crippen LogP contribution in [0.2, 0.25) is 0 Å². The molecule has 1 aliphatic rings. The van der Waals surface area contributed by atoms with E-state index in [9.17, 15) is 40.7 Å². The molecule has 0 aromatic heterocycles. The van der Waals surface area contributed by atoms with E-state index in [1.807, 2.05) is 0 Å². The third kappa shape index (κ3) is 6.92. The summed E-state index contributed by atoms with van der Waals surface area (Å²) in [5.74, 6) is -2.49. The third-order valence-electron chi connectivity index (χ3n) is 4.52. The van der Waals surface area contributed by atoms with Gasteiger partial charge in [-0.3, -0.25) is 14.4 Å². The van der Waals surface area contributed by atoms with E-state index in [1.165, 1.54) is 4.90 Å². The van der Waals surface area contributed by atoms with Crippen molar-refractivity contribution in [3.63, 3.8) is 0 Å². The van der Waals surface area contributed by atoms with E-state index in [4.69, 9.17) is 0 Å². The predicted molar refractivity (Wildman–Crippen MR) is 92.1 cm³/mol. The van der Waals surface area contributed by atoms with Crippen molar-refractivity contribution in [1.29, 1.82) is 0 Å². The second-order valence-electron chi connectivity index (χ2n) is 6.75. The number of alkyl halides is 6. The van der Waals surface area contributed by atoms with E-state index in [0.717, 1.165) is 24.3 Å². The lowest BCUT2D eigenvalue weighted by Crippen LogP contribution is -2.46. The normalized spacial score (nSPS) is 15.6. The van der Waals surface area contributed by atoms with Crippen molar-refractivity contribution in [3.05, 3.63) is 35.4 Å². The minimum absolute atomic E-state index is 0.0900. The molecule has 1 heterocycles. The quantitative estimate of drug-likeness (QED) is 0.692. The van der Waals surface area contributed by atoms with E-state index >= 15 is 0 Å². The summed E-state index contributed by atoms with van der Waals surface area (Å²) in [5, 5.41) is 3.89. The first-order valence-corrected chi connectivity index (χ1v) is 8.94. The summed E-state index contributed by atoms with van der Waals surface area (Å²) < 4.78 is 73.8. The first kappa shape index (κ1) is 23.5. The van der Waals surface area contributed by atoms with Gasteiger partial charge in [0.25, 0.3) is 5.91 Å². The molecule has 1 aromatic carbocycles. The van der Waals surface area contributed by atoms with Crippen LogP contribution in [0, 0.1) is 5.92 Å². The van der Waals surface area contributed by atoms with Crippen LogP contribution < -0.4 is 10.6 Å². The van der Waals surface area contributed by atoms with Gasteiger partial charge in [-0.25, -0.2) is 0 Å². The average Bonchev–Trinajstić information content (AvgIpc) is 2.69. The Morgan fingerprint density at radius 3 is 2.00 bits per heavy atom. The van der Waals surface area contributed by atoms with Crippen molar-refractivity contribution in [2.24, 2.45) is 5.92 Å². The van der Waals surface area contributed by atoms with Gasteiger partial charge in [0, 0.05) is 24.6 Å². The molecule has 0 spiro atoms. The lowest BCUT2D eigenvalue weighted by Gasteiger charge is -2.31. The first-order valence-electron chi connectivity index (χ1n) is 8.94. The fraction of sp³-hybridized carbons (Fsp3) is 0.500. The number of benzene rings is 1. The number of hydrogen-bond acceptors (Lipinski definition) is 3. The van der Waals surface area contributed by atoms with E-state index in [1.54, 1.807) is 5.32 Å². The van der Waals surface area contributed by atoms with Crippen molar-refractivity contribution in [2.45, 2.75) is 25.2 Å². The Balaban J connectivity index is 1.79. The van der Waals surface area contributed by atoms with Gasteiger partial charge in [-0.15, -0.1) is 0 Å². The van der Waals surface area contributed by atoms with E-state index < -0.39 is 54.6 Å². The molecule has 1 fully saturated rings. The number of piperidine rings is 1. The summed E-state index contributed by atoms with van der Waals surface area (Å²) in [4.78, 5) is 37.2. The van der Waals surface area contributed by atoms with Crippen molar-refractivity contribution in [3.8, 4) is 0 Å². The average molecular weight is 439 g/mol. The Morgan fingerprint density at radius 2 is 1.50 bits per heavy atom. The molecule has 1 aromatic rings.